The average molecular weight is 514 g/mol. The van der Waals surface area contributed by atoms with Gasteiger partial charge < -0.3 is 14.2 Å². The number of hydrogen-bond donors (Lipinski definition) is 1. The molecule has 0 fully saturated rings. The predicted octanol–water partition coefficient (Wildman–Crippen LogP) is 6.60. The van der Waals surface area contributed by atoms with Crippen LogP contribution in [0.4, 0.5) is 13.2 Å². The molecule has 0 radical (unpaired) electrons. The Labute approximate surface area is 208 Å². The molecule has 3 heterocycles. The zero-order valence-corrected chi connectivity index (χ0v) is 20.2. The maximum absolute atomic E-state index is 13.8. The summed E-state index contributed by atoms with van der Waals surface area (Å²) in [6.45, 7) is 3.63. The number of carboxylic acid groups (broad SMARTS) is 1. The molecule has 0 aliphatic carbocycles. The summed E-state index contributed by atoms with van der Waals surface area (Å²) in [6, 6.07) is 15.9. The van der Waals surface area contributed by atoms with Crippen molar-refractivity contribution < 1.29 is 27.6 Å². The number of hydrogen-bond acceptors (Lipinski definition) is 5. The number of alkyl halides is 3. The molecular formula is C26H22F3N3O3S. The van der Waals surface area contributed by atoms with Crippen molar-refractivity contribution in [2.75, 3.05) is 0 Å². The Bertz CT molecular complexity index is 1460. The van der Waals surface area contributed by atoms with Gasteiger partial charge in [-0.2, -0.15) is 18.2 Å². The van der Waals surface area contributed by atoms with Crippen LogP contribution in [0.25, 0.3) is 27.2 Å². The summed E-state index contributed by atoms with van der Waals surface area (Å²) in [4.78, 5) is 16.2. The molecule has 1 aliphatic rings. The molecular weight excluding hydrogens is 491 g/mol. The second kappa shape index (κ2) is 8.85. The smallest absolute Gasteiger partial charge is 0.401 e. The van der Waals surface area contributed by atoms with Gasteiger partial charge in [-0.3, -0.25) is 4.79 Å². The minimum Gasteiger partial charge on any atom is -0.481 e. The summed E-state index contributed by atoms with van der Waals surface area (Å²) in [5.41, 5.74) is 1.13. The molecule has 2 aromatic heterocycles. The summed E-state index contributed by atoms with van der Waals surface area (Å²) >= 11 is 0.684. The van der Waals surface area contributed by atoms with E-state index in [4.69, 9.17) is 4.52 Å². The van der Waals surface area contributed by atoms with Crippen LogP contribution in [0.15, 0.2) is 71.4 Å². The largest absolute Gasteiger partial charge is 0.481 e. The Balaban J connectivity index is 1.42. The van der Waals surface area contributed by atoms with Crippen molar-refractivity contribution in [1.29, 1.82) is 0 Å². The molecule has 4 aromatic rings. The molecule has 5 rings (SSSR count). The zero-order valence-electron chi connectivity index (χ0n) is 19.4. The van der Waals surface area contributed by atoms with Crippen LogP contribution in [0.3, 0.4) is 0 Å². The summed E-state index contributed by atoms with van der Waals surface area (Å²) in [7, 11) is 0. The van der Waals surface area contributed by atoms with Crippen molar-refractivity contribution in [2.24, 2.45) is 5.41 Å². The van der Waals surface area contributed by atoms with Crippen LogP contribution in [0, 0.1) is 5.41 Å². The molecule has 0 spiro atoms. The number of thioether (sulfide) groups is 1. The number of allylic oxidation sites excluding steroid dienone is 1. The number of carboxylic acids is 1. The number of carbonyl (C=O) groups is 1. The number of nitrogens with zero attached hydrogens (tertiary/aromatic N) is 3. The predicted molar refractivity (Wildman–Crippen MR) is 131 cm³/mol. The third kappa shape index (κ3) is 4.53. The SMILES string of the molecule is CC(C)(Cn1ccc2cc(-c3noc(C4=CC(c5ccccc5)C(C(F)(F)F)S4)n3)ccc21)C(=O)O. The lowest BCUT2D eigenvalue weighted by Gasteiger charge is -2.21. The van der Waals surface area contributed by atoms with E-state index in [9.17, 15) is 23.1 Å². The van der Waals surface area contributed by atoms with Gasteiger partial charge in [0.05, 0.1) is 10.3 Å². The van der Waals surface area contributed by atoms with E-state index in [-0.39, 0.29) is 11.7 Å². The van der Waals surface area contributed by atoms with E-state index in [0.29, 0.717) is 34.3 Å². The van der Waals surface area contributed by atoms with Crippen molar-refractivity contribution in [2.45, 2.75) is 37.7 Å². The molecule has 2 unspecified atom stereocenters. The van der Waals surface area contributed by atoms with Crippen LogP contribution < -0.4 is 0 Å². The molecule has 2 atom stereocenters. The first-order chi connectivity index (χ1) is 17.0. The van der Waals surface area contributed by atoms with E-state index in [0.717, 1.165) is 10.9 Å². The normalized spacial score (nSPS) is 18.5. The van der Waals surface area contributed by atoms with E-state index in [2.05, 4.69) is 10.1 Å². The Hall–Kier alpha value is -3.53. The number of benzene rings is 2. The topological polar surface area (TPSA) is 81.2 Å². The number of halogens is 3. The minimum atomic E-state index is -4.40. The molecule has 0 saturated carbocycles. The molecule has 0 bridgehead atoms. The molecule has 1 aliphatic heterocycles. The maximum Gasteiger partial charge on any atom is 0.401 e. The highest BCUT2D eigenvalue weighted by atomic mass is 32.2. The van der Waals surface area contributed by atoms with E-state index in [1.807, 2.05) is 29.0 Å². The van der Waals surface area contributed by atoms with Crippen LogP contribution in [-0.4, -0.2) is 37.2 Å². The van der Waals surface area contributed by atoms with Crippen molar-refractivity contribution in [3.05, 3.63) is 78.3 Å². The molecule has 0 amide bonds. The van der Waals surface area contributed by atoms with Crippen LogP contribution in [0.2, 0.25) is 0 Å². The molecule has 36 heavy (non-hydrogen) atoms. The molecule has 186 valence electrons. The second-order valence-corrected chi connectivity index (χ2v) is 10.6. The molecule has 1 N–H and O–H groups in total. The van der Waals surface area contributed by atoms with Crippen LogP contribution in [-0.2, 0) is 11.3 Å². The lowest BCUT2D eigenvalue weighted by Crippen LogP contribution is -2.28. The highest BCUT2D eigenvalue weighted by Crippen LogP contribution is 2.52. The molecule has 0 saturated heterocycles. The fourth-order valence-electron chi connectivity index (χ4n) is 4.25. The number of rotatable bonds is 6. The second-order valence-electron chi connectivity index (χ2n) is 9.38. The van der Waals surface area contributed by atoms with Crippen LogP contribution in [0.5, 0.6) is 0 Å². The molecule has 10 heteroatoms. The van der Waals surface area contributed by atoms with Gasteiger partial charge in [0.25, 0.3) is 5.89 Å². The summed E-state index contributed by atoms with van der Waals surface area (Å²) in [5, 5.41) is 12.7. The fraction of sp³-hybridized carbons (Fsp3) is 0.269. The van der Waals surface area contributed by atoms with E-state index < -0.39 is 28.7 Å². The third-order valence-corrected chi connectivity index (χ3v) is 7.61. The minimum absolute atomic E-state index is 0.0450. The molecule has 6 nitrogen and oxygen atoms in total. The van der Waals surface area contributed by atoms with Gasteiger partial charge in [0, 0.05) is 35.1 Å². The third-order valence-electron chi connectivity index (χ3n) is 6.23. The van der Waals surface area contributed by atoms with E-state index in [1.165, 1.54) is 0 Å². The fourth-order valence-corrected chi connectivity index (χ4v) is 5.45. The highest BCUT2D eigenvalue weighted by molar-refractivity contribution is 8.09. The van der Waals surface area contributed by atoms with Gasteiger partial charge in [-0.05, 0) is 43.7 Å². The van der Waals surface area contributed by atoms with E-state index >= 15 is 0 Å². The van der Waals surface area contributed by atoms with Crippen molar-refractivity contribution in [1.82, 2.24) is 14.7 Å². The summed E-state index contributed by atoms with van der Waals surface area (Å²) < 4.78 is 48.6. The van der Waals surface area contributed by atoms with Gasteiger partial charge in [0.2, 0.25) is 5.82 Å². The van der Waals surface area contributed by atoms with Crippen molar-refractivity contribution in [3.8, 4) is 11.4 Å². The van der Waals surface area contributed by atoms with Gasteiger partial charge in [-0.25, -0.2) is 0 Å². The standard InChI is InChI=1S/C26H22F3N3O3S/c1-25(2,24(33)34)14-32-11-10-16-12-17(8-9-19(16)32)22-30-23(35-31-22)20-13-18(15-6-4-3-5-7-15)21(36-20)26(27,28)29/h3-13,18,21H,14H2,1-2H3,(H,33,34). The lowest BCUT2D eigenvalue weighted by molar-refractivity contribution is -0.147. The number of aromatic nitrogens is 3. The van der Waals surface area contributed by atoms with Crippen LogP contribution >= 0.6 is 11.8 Å². The highest BCUT2D eigenvalue weighted by Gasteiger charge is 2.49. The molecule has 2 aromatic carbocycles. The van der Waals surface area contributed by atoms with Crippen LogP contribution in [0.1, 0.15) is 31.2 Å². The summed E-state index contributed by atoms with van der Waals surface area (Å²) in [6.07, 6.45) is -1.04. The van der Waals surface area contributed by atoms with Crippen molar-refractivity contribution >= 4 is 33.5 Å². The Morgan fingerprint density at radius 3 is 2.58 bits per heavy atom. The van der Waals surface area contributed by atoms with Gasteiger partial charge in [-0.15, -0.1) is 11.8 Å². The van der Waals surface area contributed by atoms with Crippen molar-refractivity contribution in [3.63, 3.8) is 0 Å². The Kier molecular flexibility index (Phi) is 5.94. The average Bonchev–Trinajstić information content (AvgIpc) is 3.57. The quantitative estimate of drug-likeness (QED) is 0.313. The van der Waals surface area contributed by atoms with Gasteiger partial charge >= 0.3 is 12.1 Å². The first-order valence-corrected chi connectivity index (χ1v) is 12.1. The number of aliphatic carboxylic acids is 1. The van der Waals surface area contributed by atoms with Gasteiger partial charge in [0.15, 0.2) is 0 Å². The first-order valence-electron chi connectivity index (χ1n) is 11.2. The monoisotopic (exact) mass is 513 g/mol. The van der Waals surface area contributed by atoms with Gasteiger partial charge in [-0.1, -0.05) is 41.6 Å². The maximum atomic E-state index is 13.8. The zero-order chi connectivity index (χ0) is 25.7. The number of fused-ring (bicyclic) bond motifs is 1. The Morgan fingerprint density at radius 1 is 1.14 bits per heavy atom. The first kappa shape index (κ1) is 24.2. The Morgan fingerprint density at radius 2 is 1.89 bits per heavy atom. The van der Waals surface area contributed by atoms with E-state index in [1.54, 1.807) is 56.3 Å². The van der Waals surface area contributed by atoms with Gasteiger partial charge in [0.1, 0.15) is 5.25 Å². The summed E-state index contributed by atoms with van der Waals surface area (Å²) in [5.74, 6) is -1.43. The lowest BCUT2D eigenvalue weighted by atomic mass is 9.94.